The van der Waals surface area contributed by atoms with Gasteiger partial charge in [0, 0.05) is 37.9 Å². The van der Waals surface area contributed by atoms with Crippen molar-refractivity contribution in [2.75, 3.05) is 19.0 Å². The summed E-state index contributed by atoms with van der Waals surface area (Å²) >= 11 is 0. The lowest BCUT2D eigenvalue weighted by Gasteiger charge is -2.12. The van der Waals surface area contributed by atoms with Crippen LogP contribution in [0, 0.1) is 6.92 Å². The summed E-state index contributed by atoms with van der Waals surface area (Å²) in [5.41, 5.74) is 2.07. The lowest BCUT2D eigenvalue weighted by atomic mass is 10.2. The highest BCUT2D eigenvalue weighted by atomic mass is 16.3. The van der Waals surface area contributed by atoms with Gasteiger partial charge in [0.1, 0.15) is 11.4 Å². The van der Waals surface area contributed by atoms with Crippen LogP contribution in [0.4, 0.5) is 17.2 Å². The summed E-state index contributed by atoms with van der Waals surface area (Å²) in [5.74, 6) is 0.717. The first-order valence-corrected chi connectivity index (χ1v) is 5.82. The van der Waals surface area contributed by atoms with Gasteiger partial charge < -0.3 is 10.0 Å². The third-order valence-electron chi connectivity index (χ3n) is 2.74. The largest absolute Gasteiger partial charge is 0.505 e. The maximum atomic E-state index is 9.90. The highest BCUT2D eigenvalue weighted by Crippen LogP contribution is 2.31. The second-order valence-corrected chi connectivity index (χ2v) is 4.45. The zero-order chi connectivity index (χ0) is 14.0. The molecule has 0 fully saturated rings. The summed E-state index contributed by atoms with van der Waals surface area (Å²) in [5, 5.41) is 24.8. The average Bonchev–Trinajstić information content (AvgIpc) is 2.68. The van der Waals surface area contributed by atoms with Crippen molar-refractivity contribution >= 4 is 17.2 Å². The summed E-state index contributed by atoms with van der Waals surface area (Å²) in [6.45, 7) is 1.83. The molecular formula is C12H17N6O+. The number of aromatic amines is 1. The minimum Gasteiger partial charge on any atom is -0.505 e. The number of nitrogens with zero attached hydrogens (tertiary/aromatic N) is 5. The molecule has 19 heavy (non-hydrogen) atoms. The molecule has 0 aliphatic carbocycles. The maximum absolute atomic E-state index is 9.90. The minimum absolute atomic E-state index is 0.0961. The predicted octanol–water partition coefficient (Wildman–Crippen LogP) is 1.73. The van der Waals surface area contributed by atoms with Crippen LogP contribution in [0.1, 0.15) is 5.69 Å². The number of hydrogen-bond acceptors (Lipinski definition) is 5. The Bertz CT molecular complexity index is 597. The number of rotatable bonds is 3. The fourth-order valence-electron chi connectivity index (χ4n) is 1.61. The topological polar surface area (TPSA) is 80.8 Å². The summed E-state index contributed by atoms with van der Waals surface area (Å²) < 4.78 is 1.66. The van der Waals surface area contributed by atoms with Crippen molar-refractivity contribution in [3.63, 3.8) is 0 Å². The van der Waals surface area contributed by atoms with Crippen LogP contribution in [-0.2, 0) is 7.05 Å². The molecule has 100 valence electrons. The Balaban J connectivity index is 2.29. The lowest BCUT2D eigenvalue weighted by molar-refractivity contribution is -0.718. The number of benzene rings is 1. The summed E-state index contributed by atoms with van der Waals surface area (Å²) in [6, 6.07) is 5.25. The van der Waals surface area contributed by atoms with E-state index in [1.165, 1.54) is 0 Å². The van der Waals surface area contributed by atoms with Crippen molar-refractivity contribution in [1.29, 1.82) is 0 Å². The van der Waals surface area contributed by atoms with Crippen molar-refractivity contribution in [2.24, 2.45) is 17.3 Å². The number of aromatic nitrogens is 3. The van der Waals surface area contributed by atoms with Crippen molar-refractivity contribution in [3.8, 4) is 5.75 Å². The molecule has 0 aliphatic heterocycles. The highest BCUT2D eigenvalue weighted by molar-refractivity contribution is 5.60. The van der Waals surface area contributed by atoms with Gasteiger partial charge in [-0.1, -0.05) is 5.11 Å². The molecule has 0 radical (unpaired) electrons. The van der Waals surface area contributed by atoms with Gasteiger partial charge in [0.2, 0.25) is 5.69 Å². The summed E-state index contributed by atoms with van der Waals surface area (Å²) in [4.78, 5) is 1.90. The molecule has 7 heteroatoms. The van der Waals surface area contributed by atoms with Gasteiger partial charge >= 0.3 is 5.82 Å². The molecule has 0 saturated heterocycles. The number of H-pyrrole nitrogens is 1. The van der Waals surface area contributed by atoms with Gasteiger partial charge in [-0.05, 0) is 17.2 Å². The van der Waals surface area contributed by atoms with E-state index < -0.39 is 0 Å². The number of aromatic hydroxyl groups is 1. The summed E-state index contributed by atoms with van der Waals surface area (Å²) in [7, 11) is 5.61. The smallest absolute Gasteiger partial charge is 0.345 e. The van der Waals surface area contributed by atoms with E-state index in [4.69, 9.17) is 0 Å². The average molecular weight is 261 g/mol. The number of aryl methyl sites for hydroxylation is 2. The van der Waals surface area contributed by atoms with E-state index >= 15 is 0 Å². The van der Waals surface area contributed by atoms with Crippen molar-refractivity contribution in [2.45, 2.75) is 6.92 Å². The molecule has 7 nitrogen and oxygen atoms in total. The normalized spacial score (nSPS) is 11.2. The molecular weight excluding hydrogens is 244 g/mol. The Kier molecular flexibility index (Phi) is 3.46. The number of phenolic OH excluding ortho intramolecular Hbond substituents is 1. The summed E-state index contributed by atoms with van der Waals surface area (Å²) in [6.07, 6.45) is 0. The van der Waals surface area contributed by atoms with Gasteiger partial charge in [-0.3, -0.25) is 0 Å². The monoisotopic (exact) mass is 261 g/mol. The number of anilines is 1. The van der Waals surface area contributed by atoms with Gasteiger partial charge in [0.05, 0.1) is 7.05 Å². The SMILES string of the molecule is Cc1n[nH][n+](C)c1N=Nc1ccc(N(C)C)cc1O. The van der Waals surface area contributed by atoms with Crippen LogP contribution in [0.15, 0.2) is 28.4 Å². The number of phenols is 1. The molecule has 0 unspecified atom stereocenters. The lowest BCUT2D eigenvalue weighted by Crippen LogP contribution is -2.29. The Morgan fingerprint density at radius 2 is 2.05 bits per heavy atom. The zero-order valence-corrected chi connectivity index (χ0v) is 11.4. The van der Waals surface area contributed by atoms with Crippen molar-refractivity contribution in [3.05, 3.63) is 23.9 Å². The second kappa shape index (κ2) is 5.05. The molecule has 0 spiro atoms. The Morgan fingerprint density at radius 3 is 2.58 bits per heavy atom. The molecule has 0 amide bonds. The highest BCUT2D eigenvalue weighted by Gasteiger charge is 2.14. The maximum Gasteiger partial charge on any atom is 0.345 e. The standard InChI is InChI=1S/C12H16N6O/c1-8-12(18(4)16-13-8)15-14-10-6-5-9(17(2)3)7-11(10)19/h5-7H,1-4H3,(H,15,16,19)/p+1. The van der Waals surface area contributed by atoms with Gasteiger partial charge in [-0.15, -0.1) is 5.21 Å². The molecule has 2 N–H and O–H groups in total. The Labute approximate surface area is 111 Å². The van der Waals surface area contributed by atoms with Crippen molar-refractivity contribution in [1.82, 2.24) is 10.3 Å². The molecule has 0 aliphatic rings. The fourth-order valence-corrected chi connectivity index (χ4v) is 1.61. The quantitative estimate of drug-likeness (QED) is 0.652. The first kappa shape index (κ1) is 13.0. The number of nitrogens with one attached hydrogen (secondary N) is 1. The van der Waals surface area contributed by atoms with Crippen LogP contribution in [0.25, 0.3) is 0 Å². The van der Waals surface area contributed by atoms with Gasteiger partial charge in [-0.25, -0.2) is 0 Å². The Morgan fingerprint density at radius 1 is 1.32 bits per heavy atom. The van der Waals surface area contributed by atoms with E-state index in [9.17, 15) is 5.11 Å². The van der Waals surface area contributed by atoms with E-state index in [-0.39, 0.29) is 5.75 Å². The number of hydrogen-bond donors (Lipinski definition) is 2. The van der Waals surface area contributed by atoms with Gasteiger partial charge in [-0.2, -0.15) is 4.68 Å². The first-order chi connectivity index (χ1) is 8.99. The van der Waals surface area contributed by atoms with E-state index in [0.717, 1.165) is 11.4 Å². The number of azo groups is 1. The van der Waals surface area contributed by atoms with Crippen LogP contribution in [-0.4, -0.2) is 29.5 Å². The molecule has 0 bridgehead atoms. The van der Waals surface area contributed by atoms with Crippen LogP contribution >= 0.6 is 0 Å². The van der Waals surface area contributed by atoms with Gasteiger partial charge in [0.15, 0.2) is 0 Å². The predicted molar refractivity (Wildman–Crippen MR) is 71.1 cm³/mol. The fraction of sp³-hybridized carbons (Fsp3) is 0.333. The first-order valence-electron chi connectivity index (χ1n) is 5.82. The molecule has 2 aromatic rings. The molecule has 1 aromatic carbocycles. The van der Waals surface area contributed by atoms with Crippen LogP contribution in [0.5, 0.6) is 5.75 Å². The third kappa shape index (κ3) is 2.70. The van der Waals surface area contributed by atoms with Crippen LogP contribution < -0.4 is 9.58 Å². The molecule has 0 saturated carbocycles. The zero-order valence-electron chi connectivity index (χ0n) is 11.4. The van der Waals surface area contributed by atoms with Crippen LogP contribution in [0.2, 0.25) is 0 Å². The third-order valence-corrected chi connectivity index (χ3v) is 2.74. The van der Waals surface area contributed by atoms with E-state index in [1.54, 1.807) is 23.9 Å². The van der Waals surface area contributed by atoms with Crippen LogP contribution in [0.3, 0.4) is 0 Å². The molecule has 1 heterocycles. The second-order valence-electron chi connectivity index (χ2n) is 4.45. The Hall–Kier alpha value is -2.44. The van der Waals surface area contributed by atoms with E-state index in [2.05, 4.69) is 20.5 Å². The molecule has 2 rings (SSSR count). The van der Waals surface area contributed by atoms with Crippen molar-refractivity contribution < 1.29 is 9.79 Å². The minimum atomic E-state index is 0.0961. The molecule has 1 aromatic heterocycles. The van der Waals surface area contributed by atoms with E-state index in [1.807, 2.05) is 32.0 Å². The van der Waals surface area contributed by atoms with E-state index in [0.29, 0.717) is 11.5 Å². The van der Waals surface area contributed by atoms with Gasteiger partial charge in [0.25, 0.3) is 0 Å². The molecule has 0 atom stereocenters.